The second kappa shape index (κ2) is 9.32. The van der Waals surface area contributed by atoms with E-state index >= 15 is 0 Å². The Morgan fingerprint density at radius 3 is 1.47 bits per heavy atom. The summed E-state index contributed by atoms with van der Waals surface area (Å²) in [6.45, 7) is 0. The fourth-order valence-electron chi connectivity index (χ4n) is 0.385. The molecule has 0 aliphatic rings. The van der Waals surface area contributed by atoms with Crippen LogP contribution in [0.1, 0.15) is 0 Å². The number of aliphatic carboxylic acids is 2. The van der Waals surface area contributed by atoms with Gasteiger partial charge in [0.15, 0.2) is 0 Å². The first-order chi connectivity index (χ1) is 6.45. The molecule has 6 nitrogen and oxygen atoms in total. The van der Waals surface area contributed by atoms with Crippen molar-refractivity contribution in [1.82, 2.24) is 0 Å². The Morgan fingerprint density at radius 1 is 1.00 bits per heavy atom. The summed E-state index contributed by atoms with van der Waals surface area (Å²) in [6, 6.07) is -1.85. The molecule has 0 saturated heterocycles. The Bertz CT molecular complexity index is 197. The molecule has 0 aromatic heterocycles. The maximum Gasteiger partial charge on any atom is 0.321 e. The minimum absolute atomic E-state index is 0. The van der Waals surface area contributed by atoms with Crippen molar-refractivity contribution in [3.8, 4) is 0 Å². The van der Waals surface area contributed by atoms with Gasteiger partial charge in [-0.1, -0.05) is 21.6 Å². The molecule has 0 heterocycles. The molecule has 9 heteroatoms. The van der Waals surface area contributed by atoms with Gasteiger partial charge in [0.25, 0.3) is 0 Å². The molecule has 0 aliphatic heterocycles. The van der Waals surface area contributed by atoms with Gasteiger partial charge >= 0.3 is 11.9 Å². The Balaban J connectivity index is 0. The molecule has 0 aromatic rings. The largest absolute Gasteiger partial charge is 0.480 e. The first kappa shape index (κ1) is 17.5. The average molecular weight is 304 g/mol. The molecule has 2 atom stereocenters. The summed E-state index contributed by atoms with van der Waals surface area (Å²) in [5.41, 5.74) is 10.4. The Hall–Kier alpha value is 0.0795. The van der Waals surface area contributed by atoms with Crippen LogP contribution in [-0.4, -0.2) is 45.7 Å². The minimum atomic E-state index is -1.07. The third-order valence-corrected chi connectivity index (χ3v) is 3.69. The molecule has 6 N–H and O–H groups in total. The fourth-order valence-corrected chi connectivity index (χ4v) is 2.61. The zero-order valence-corrected chi connectivity index (χ0v) is 10.1. The van der Waals surface area contributed by atoms with E-state index in [1.165, 1.54) is 21.6 Å². The van der Waals surface area contributed by atoms with Crippen LogP contribution in [-0.2, 0) is 26.7 Å². The molecule has 0 aliphatic carbocycles. The van der Waals surface area contributed by atoms with Crippen molar-refractivity contribution in [2.75, 3.05) is 11.5 Å². The molecular formula is C6H12CuN2O4S2. The smallest absolute Gasteiger partial charge is 0.321 e. The van der Waals surface area contributed by atoms with E-state index in [9.17, 15) is 9.59 Å². The van der Waals surface area contributed by atoms with Crippen LogP contribution in [0.5, 0.6) is 0 Å². The van der Waals surface area contributed by atoms with E-state index in [1.807, 2.05) is 0 Å². The van der Waals surface area contributed by atoms with Gasteiger partial charge in [0, 0.05) is 28.6 Å². The molecular weight excluding hydrogens is 292 g/mol. The second-order valence-electron chi connectivity index (χ2n) is 2.46. The number of rotatable bonds is 7. The molecule has 0 bridgehead atoms. The van der Waals surface area contributed by atoms with Crippen LogP contribution in [0.2, 0.25) is 0 Å². The van der Waals surface area contributed by atoms with Crippen LogP contribution in [0.4, 0.5) is 0 Å². The summed E-state index contributed by atoms with van der Waals surface area (Å²) in [5, 5.41) is 16.8. The summed E-state index contributed by atoms with van der Waals surface area (Å²) in [7, 11) is 2.41. The van der Waals surface area contributed by atoms with E-state index in [-0.39, 0.29) is 28.6 Å². The van der Waals surface area contributed by atoms with Crippen LogP contribution in [0.3, 0.4) is 0 Å². The van der Waals surface area contributed by atoms with Crippen molar-refractivity contribution >= 4 is 33.5 Å². The van der Waals surface area contributed by atoms with Crippen molar-refractivity contribution in [1.29, 1.82) is 0 Å². The second-order valence-corrected chi connectivity index (χ2v) is 5.01. The number of carboxylic acid groups (broad SMARTS) is 2. The summed E-state index contributed by atoms with van der Waals surface area (Å²) >= 11 is 0. The van der Waals surface area contributed by atoms with Gasteiger partial charge in [-0.3, -0.25) is 9.59 Å². The average Bonchev–Trinajstić information content (AvgIpc) is 2.11. The Morgan fingerprint density at radius 2 is 1.27 bits per heavy atom. The molecule has 0 aromatic carbocycles. The van der Waals surface area contributed by atoms with Crippen molar-refractivity contribution in [2.24, 2.45) is 11.5 Å². The van der Waals surface area contributed by atoms with Gasteiger partial charge in [-0.05, 0) is 0 Å². The van der Waals surface area contributed by atoms with Gasteiger partial charge < -0.3 is 21.7 Å². The van der Waals surface area contributed by atoms with E-state index in [1.54, 1.807) is 0 Å². The molecule has 0 fully saturated rings. The summed E-state index contributed by atoms with van der Waals surface area (Å²) in [6.07, 6.45) is 0. The predicted molar refractivity (Wildman–Crippen MR) is 56.1 cm³/mol. The maximum atomic E-state index is 10.3. The first-order valence-electron chi connectivity index (χ1n) is 3.66. The van der Waals surface area contributed by atoms with Crippen LogP contribution in [0, 0.1) is 0 Å². The van der Waals surface area contributed by atoms with Crippen molar-refractivity contribution in [3.05, 3.63) is 0 Å². The molecule has 0 amide bonds. The number of carbonyl (C=O) groups is 2. The molecule has 93 valence electrons. The van der Waals surface area contributed by atoms with Gasteiger partial charge in [0.2, 0.25) is 0 Å². The Kier molecular flexibility index (Phi) is 10.9. The molecule has 0 unspecified atom stereocenters. The van der Waals surface area contributed by atoms with Crippen LogP contribution in [0.25, 0.3) is 0 Å². The van der Waals surface area contributed by atoms with Gasteiger partial charge in [-0.15, -0.1) is 0 Å². The van der Waals surface area contributed by atoms with E-state index < -0.39 is 24.0 Å². The zero-order valence-electron chi connectivity index (χ0n) is 7.55. The molecule has 0 saturated carbocycles. The summed E-state index contributed by atoms with van der Waals surface area (Å²) < 4.78 is 0. The van der Waals surface area contributed by atoms with E-state index in [0.717, 1.165) is 0 Å². The van der Waals surface area contributed by atoms with Crippen molar-refractivity contribution in [2.45, 2.75) is 12.1 Å². The van der Waals surface area contributed by atoms with Gasteiger partial charge in [0.1, 0.15) is 12.1 Å². The zero-order chi connectivity index (χ0) is 11.1. The molecule has 15 heavy (non-hydrogen) atoms. The predicted octanol–water partition coefficient (Wildman–Crippen LogP) is -0.811. The van der Waals surface area contributed by atoms with Crippen LogP contribution >= 0.6 is 21.6 Å². The van der Waals surface area contributed by atoms with E-state index in [0.29, 0.717) is 0 Å². The normalized spacial score (nSPS) is 13.7. The first-order valence-corrected chi connectivity index (χ1v) is 6.15. The van der Waals surface area contributed by atoms with Crippen LogP contribution in [0.15, 0.2) is 0 Å². The maximum absolute atomic E-state index is 10.3. The summed E-state index contributed by atoms with van der Waals surface area (Å²) in [4.78, 5) is 20.5. The van der Waals surface area contributed by atoms with Crippen molar-refractivity contribution in [3.63, 3.8) is 0 Å². The topological polar surface area (TPSA) is 127 Å². The summed E-state index contributed by atoms with van der Waals surface area (Å²) in [5.74, 6) is -1.68. The van der Waals surface area contributed by atoms with Gasteiger partial charge in [0.05, 0.1) is 0 Å². The third-order valence-electron chi connectivity index (χ3n) is 1.21. The minimum Gasteiger partial charge on any atom is -0.480 e. The standard InChI is InChI=1S/C6H12N2O4S2.Cu/c7-3(5(9)10)1-13-14-2-4(8)6(11)12;/h3-4H,1-2,7-8H2,(H,9,10)(H,11,12);/t3-,4-;/m1./s1. The number of carboxylic acids is 2. The van der Waals surface area contributed by atoms with Crippen molar-refractivity contribution < 1.29 is 36.9 Å². The monoisotopic (exact) mass is 303 g/mol. The molecule has 0 spiro atoms. The van der Waals surface area contributed by atoms with E-state index in [4.69, 9.17) is 21.7 Å². The third kappa shape index (κ3) is 9.03. The SMILES string of the molecule is N[C@H](CSSC[C@@H](N)C(=O)O)C(=O)O.[Cu]. The molecule has 0 rings (SSSR count). The quantitative estimate of drug-likeness (QED) is 0.273. The molecule has 1 radical (unpaired) electrons. The fraction of sp³-hybridized carbons (Fsp3) is 0.667. The number of hydrogen-bond donors (Lipinski definition) is 4. The van der Waals surface area contributed by atoms with E-state index in [2.05, 4.69) is 0 Å². The van der Waals surface area contributed by atoms with Gasteiger partial charge in [-0.25, -0.2) is 0 Å². The number of nitrogens with two attached hydrogens (primary N) is 2. The van der Waals surface area contributed by atoms with Crippen LogP contribution < -0.4 is 11.5 Å². The number of hydrogen-bond acceptors (Lipinski definition) is 6. The Labute approximate surface area is 105 Å². The van der Waals surface area contributed by atoms with Gasteiger partial charge in [-0.2, -0.15) is 0 Å².